The van der Waals surface area contributed by atoms with Gasteiger partial charge in [0.25, 0.3) is 0 Å². The van der Waals surface area contributed by atoms with E-state index in [0.29, 0.717) is 61.7 Å². The Labute approximate surface area is 195 Å². The molecule has 5 rings (SSSR count). The van der Waals surface area contributed by atoms with Crippen LogP contribution >= 0.6 is 0 Å². The molecule has 0 saturated carbocycles. The van der Waals surface area contributed by atoms with Crippen LogP contribution in [0.5, 0.6) is 11.5 Å². The molecule has 6 nitrogen and oxygen atoms in total. The highest BCUT2D eigenvalue weighted by Crippen LogP contribution is 2.46. The van der Waals surface area contributed by atoms with Crippen LogP contribution in [0.25, 0.3) is 5.57 Å². The molecule has 9 heteroatoms. The summed E-state index contributed by atoms with van der Waals surface area (Å²) in [7, 11) is 1.95. The van der Waals surface area contributed by atoms with Crippen LogP contribution in [0.4, 0.5) is 24.5 Å². The van der Waals surface area contributed by atoms with Crippen molar-refractivity contribution in [3.05, 3.63) is 53.6 Å². The lowest BCUT2D eigenvalue weighted by Crippen LogP contribution is -2.44. The SMILES string of the molecule is CN1CCOc2c(NC(=O)C=C3CC4(CCOCC4)Oc4cc(C(F)(F)F)ccc43)cccc21. The normalized spacial score (nSPS) is 20.2. The largest absolute Gasteiger partial charge is 0.487 e. The lowest BCUT2D eigenvalue weighted by atomic mass is 9.81. The Balaban J connectivity index is 1.48. The van der Waals surface area contributed by atoms with Crippen molar-refractivity contribution < 1.29 is 32.2 Å². The fourth-order valence-corrected chi connectivity index (χ4v) is 4.72. The molecule has 0 unspecified atom stereocenters. The van der Waals surface area contributed by atoms with Crippen LogP contribution in [0, 0.1) is 0 Å². The van der Waals surface area contributed by atoms with E-state index in [1.54, 1.807) is 6.07 Å². The van der Waals surface area contributed by atoms with Gasteiger partial charge < -0.3 is 24.4 Å². The number of nitrogens with zero attached hydrogens (tertiary/aromatic N) is 1. The summed E-state index contributed by atoms with van der Waals surface area (Å²) < 4.78 is 57.4. The molecule has 3 aliphatic heterocycles. The number of likely N-dealkylation sites (N-methyl/N-ethyl adjacent to an activating group) is 1. The molecular formula is C25H25F3N2O4. The topological polar surface area (TPSA) is 60.0 Å². The third-order valence-corrected chi connectivity index (χ3v) is 6.54. The Bertz CT molecular complexity index is 1140. The van der Waals surface area contributed by atoms with Gasteiger partial charge in [-0.15, -0.1) is 0 Å². The van der Waals surface area contributed by atoms with Gasteiger partial charge in [-0.3, -0.25) is 4.79 Å². The minimum absolute atomic E-state index is 0.143. The highest BCUT2D eigenvalue weighted by Gasteiger charge is 2.41. The van der Waals surface area contributed by atoms with Gasteiger partial charge in [0.05, 0.1) is 36.7 Å². The monoisotopic (exact) mass is 474 g/mol. The second kappa shape index (κ2) is 8.54. The van der Waals surface area contributed by atoms with Crippen molar-refractivity contribution in [3.8, 4) is 11.5 Å². The number of carbonyl (C=O) groups is 1. The van der Waals surface area contributed by atoms with E-state index in [9.17, 15) is 18.0 Å². The predicted molar refractivity (Wildman–Crippen MR) is 121 cm³/mol. The summed E-state index contributed by atoms with van der Waals surface area (Å²) in [6.07, 6.45) is -1.55. The molecular weight excluding hydrogens is 449 g/mol. The molecule has 0 radical (unpaired) electrons. The maximum atomic E-state index is 13.3. The van der Waals surface area contributed by atoms with Gasteiger partial charge in [0.2, 0.25) is 5.91 Å². The number of alkyl halides is 3. The van der Waals surface area contributed by atoms with Gasteiger partial charge in [0, 0.05) is 37.9 Å². The van der Waals surface area contributed by atoms with Crippen molar-refractivity contribution in [2.45, 2.75) is 31.0 Å². The molecule has 0 aromatic heterocycles. The smallest absolute Gasteiger partial charge is 0.416 e. The highest BCUT2D eigenvalue weighted by atomic mass is 19.4. The second-order valence-corrected chi connectivity index (χ2v) is 8.87. The fourth-order valence-electron chi connectivity index (χ4n) is 4.72. The standard InChI is InChI=1S/C25H25F3N2O4/c1-30-9-12-33-23-19(3-2-4-20(23)30)29-22(31)13-16-15-24(7-10-32-11-8-24)34-21-14-17(25(26,27)28)5-6-18(16)21/h2-6,13-14H,7-12,15H2,1H3,(H,29,31). The van der Waals surface area contributed by atoms with Crippen LogP contribution in [-0.2, 0) is 15.7 Å². The molecule has 3 heterocycles. The van der Waals surface area contributed by atoms with Crippen LogP contribution in [0.15, 0.2) is 42.5 Å². The van der Waals surface area contributed by atoms with Gasteiger partial charge >= 0.3 is 6.18 Å². The quantitative estimate of drug-likeness (QED) is 0.629. The van der Waals surface area contributed by atoms with Gasteiger partial charge in [-0.1, -0.05) is 12.1 Å². The number of rotatable bonds is 2. The summed E-state index contributed by atoms with van der Waals surface area (Å²) in [5.41, 5.74) is 1.08. The lowest BCUT2D eigenvalue weighted by molar-refractivity contribution is -0.138. The molecule has 2 aromatic carbocycles. The van der Waals surface area contributed by atoms with E-state index in [2.05, 4.69) is 10.2 Å². The van der Waals surface area contributed by atoms with Crippen molar-refractivity contribution in [1.82, 2.24) is 0 Å². The molecule has 2 aromatic rings. The van der Waals surface area contributed by atoms with Crippen LogP contribution in [0.3, 0.4) is 0 Å². The van der Waals surface area contributed by atoms with Gasteiger partial charge in [0.1, 0.15) is 18.0 Å². The van der Waals surface area contributed by atoms with E-state index < -0.39 is 17.3 Å². The first kappa shape index (κ1) is 22.6. The van der Waals surface area contributed by atoms with Gasteiger partial charge in [-0.05, 0) is 29.8 Å². The number of halogens is 3. The minimum Gasteiger partial charge on any atom is -0.487 e. The Hall–Kier alpha value is -3.20. The Kier molecular flexibility index (Phi) is 5.67. The molecule has 0 bridgehead atoms. The maximum absolute atomic E-state index is 13.3. The first-order valence-corrected chi connectivity index (χ1v) is 11.2. The molecule has 1 spiro atoms. The maximum Gasteiger partial charge on any atom is 0.416 e. The summed E-state index contributed by atoms with van der Waals surface area (Å²) >= 11 is 0. The number of fused-ring (bicyclic) bond motifs is 2. The van der Waals surface area contributed by atoms with E-state index in [0.717, 1.165) is 24.4 Å². The Morgan fingerprint density at radius 2 is 1.94 bits per heavy atom. The van der Waals surface area contributed by atoms with Crippen molar-refractivity contribution in [3.63, 3.8) is 0 Å². The zero-order chi connectivity index (χ0) is 23.9. The van der Waals surface area contributed by atoms with Crippen molar-refractivity contribution >= 4 is 22.9 Å². The molecule has 1 N–H and O–H groups in total. The van der Waals surface area contributed by atoms with Gasteiger partial charge in [0.15, 0.2) is 5.75 Å². The number of benzene rings is 2. The second-order valence-electron chi connectivity index (χ2n) is 8.87. The summed E-state index contributed by atoms with van der Waals surface area (Å²) in [6.45, 7) is 2.16. The molecule has 0 atom stereocenters. The van der Waals surface area contributed by atoms with Gasteiger partial charge in [-0.25, -0.2) is 0 Å². The zero-order valence-corrected chi connectivity index (χ0v) is 18.7. The molecule has 180 valence electrons. The number of carbonyl (C=O) groups excluding carboxylic acids is 1. The van der Waals surface area contributed by atoms with E-state index in [1.807, 2.05) is 19.2 Å². The minimum atomic E-state index is -4.49. The zero-order valence-electron chi connectivity index (χ0n) is 18.7. The summed E-state index contributed by atoms with van der Waals surface area (Å²) in [6, 6.07) is 8.95. The van der Waals surface area contributed by atoms with Crippen LogP contribution in [-0.4, -0.2) is 44.9 Å². The van der Waals surface area contributed by atoms with E-state index in [4.69, 9.17) is 14.2 Å². The first-order chi connectivity index (χ1) is 16.2. The number of anilines is 2. The molecule has 34 heavy (non-hydrogen) atoms. The van der Waals surface area contributed by atoms with E-state index in [-0.39, 0.29) is 11.7 Å². The summed E-state index contributed by atoms with van der Waals surface area (Å²) in [5, 5.41) is 2.88. The Morgan fingerprint density at radius 3 is 2.71 bits per heavy atom. The first-order valence-electron chi connectivity index (χ1n) is 11.2. The predicted octanol–water partition coefficient (Wildman–Crippen LogP) is 4.89. The number of amides is 1. The van der Waals surface area contributed by atoms with Crippen molar-refractivity contribution in [2.24, 2.45) is 0 Å². The highest BCUT2D eigenvalue weighted by molar-refractivity contribution is 6.05. The molecule has 1 amide bonds. The molecule has 3 aliphatic rings. The van der Waals surface area contributed by atoms with Crippen molar-refractivity contribution in [2.75, 3.05) is 43.6 Å². The van der Waals surface area contributed by atoms with Crippen molar-refractivity contribution in [1.29, 1.82) is 0 Å². The lowest BCUT2D eigenvalue weighted by Gasteiger charge is -2.42. The number of hydrogen-bond donors (Lipinski definition) is 1. The molecule has 1 fully saturated rings. The van der Waals surface area contributed by atoms with Crippen LogP contribution in [0.1, 0.15) is 30.4 Å². The van der Waals surface area contributed by atoms with E-state index in [1.165, 1.54) is 12.1 Å². The summed E-state index contributed by atoms with van der Waals surface area (Å²) in [4.78, 5) is 15.1. The third kappa shape index (κ3) is 4.32. The molecule has 1 saturated heterocycles. The third-order valence-electron chi connectivity index (χ3n) is 6.54. The number of ether oxygens (including phenoxy) is 3. The fraction of sp³-hybridized carbons (Fsp3) is 0.400. The Morgan fingerprint density at radius 1 is 1.15 bits per heavy atom. The van der Waals surface area contributed by atoms with Gasteiger partial charge in [-0.2, -0.15) is 13.2 Å². The molecule has 0 aliphatic carbocycles. The number of hydrogen-bond acceptors (Lipinski definition) is 5. The van der Waals surface area contributed by atoms with E-state index >= 15 is 0 Å². The number of para-hydroxylation sites is 1. The summed E-state index contributed by atoms with van der Waals surface area (Å²) in [5.74, 6) is 0.366. The average molecular weight is 474 g/mol. The number of nitrogens with one attached hydrogen (secondary N) is 1. The van der Waals surface area contributed by atoms with Crippen LogP contribution < -0.4 is 19.7 Å². The average Bonchev–Trinajstić information content (AvgIpc) is 2.79. The van der Waals surface area contributed by atoms with Crippen LogP contribution in [0.2, 0.25) is 0 Å².